The maximum Gasteiger partial charge on any atom is 0.269 e. The lowest BCUT2D eigenvalue weighted by Crippen LogP contribution is -2.45. The zero-order chi connectivity index (χ0) is 19.7. The van der Waals surface area contributed by atoms with E-state index in [0.717, 1.165) is 17.8 Å². The third kappa shape index (κ3) is 3.71. The van der Waals surface area contributed by atoms with Crippen molar-refractivity contribution in [2.45, 2.75) is 39.4 Å². The Bertz CT molecular complexity index is 971. The number of rotatable bonds is 5. The summed E-state index contributed by atoms with van der Waals surface area (Å²) in [6, 6.07) is 18.7. The first kappa shape index (κ1) is 18.4. The van der Waals surface area contributed by atoms with Crippen LogP contribution in [0.5, 0.6) is 0 Å². The van der Waals surface area contributed by atoms with Gasteiger partial charge < -0.3 is 5.32 Å². The van der Waals surface area contributed by atoms with Gasteiger partial charge in [0.05, 0.1) is 12.2 Å². The summed E-state index contributed by atoms with van der Waals surface area (Å²) >= 11 is 0. The predicted octanol–water partition coefficient (Wildman–Crippen LogP) is 4.01. The van der Waals surface area contributed by atoms with E-state index in [1.807, 2.05) is 22.9 Å². The second-order valence-electron chi connectivity index (χ2n) is 7.73. The number of fused-ring (bicyclic) bond motifs is 1. The molecule has 1 amide bonds. The molecule has 0 radical (unpaired) electrons. The monoisotopic (exact) mass is 374 g/mol. The van der Waals surface area contributed by atoms with Crippen molar-refractivity contribution in [2.24, 2.45) is 0 Å². The minimum absolute atomic E-state index is 0.0725. The van der Waals surface area contributed by atoms with Crippen LogP contribution in [-0.4, -0.2) is 22.2 Å². The lowest BCUT2D eigenvalue weighted by atomic mass is 10.0. The van der Waals surface area contributed by atoms with E-state index in [9.17, 15) is 4.79 Å². The van der Waals surface area contributed by atoms with E-state index in [4.69, 9.17) is 5.10 Å². The molecule has 0 spiro atoms. The molecule has 1 aliphatic rings. The van der Waals surface area contributed by atoms with Gasteiger partial charge in [-0.05, 0) is 30.0 Å². The van der Waals surface area contributed by atoms with E-state index >= 15 is 0 Å². The zero-order valence-electron chi connectivity index (χ0n) is 16.6. The van der Waals surface area contributed by atoms with Crippen LogP contribution in [0, 0.1) is 6.92 Å². The van der Waals surface area contributed by atoms with Crippen molar-refractivity contribution in [1.82, 2.24) is 20.4 Å². The Hall–Kier alpha value is -2.92. The Kier molecular flexibility index (Phi) is 5.01. The lowest BCUT2D eigenvalue weighted by Gasteiger charge is -2.26. The number of nitrogens with one attached hydrogen (secondary N) is 2. The third-order valence-corrected chi connectivity index (χ3v) is 5.26. The van der Waals surface area contributed by atoms with Crippen LogP contribution in [0.1, 0.15) is 53.1 Å². The molecular formula is C23H26N4O. The SMILES string of the molecule is Cc1ccc(-c2cc3n(n2)C(NCc2ccc(C(C)C)cc2)CNC3=O)cc1. The van der Waals surface area contributed by atoms with Crippen LogP contribution in [0.15, 0.2) is 54.6 Å². The molecule has 0 saturated heterocycles. The van der Waals surface area contributed by atoms with Crippen LogP contribution in [-0.2, 0) is 6.54 Å². The normalized spacial score (nSPS) is 16.1. The molecular weight excluding hydrogens is 348 g/mol. The van der Waals surface area contributed by atoms with Crippen LogP contribution in [0.25, 0.3) is 11.3 Å². The molecule has 1 unspecified atom stereocenters. The summed E-state index contributed by atoms with van der Waals surface area (Å²) in [6.07, 6.45) is -0.0725. The van der Waals surface area contributed by atoms with Gasteiger partial charge in [-0.15, -0.1) is 0 Å². The van der Waals surface area contributed by atoms with Crippen molar-refractivity contribution >= 4 is 5.91 Å². The van der Waals surface area contributed by atoms with Crippen molar-refractivity contribution in [3.8, 4) is 11.3 Å². The zero-order valence-corrected chi connectivity index (χ0v) is 16.6. The first-order valence-electron chi connectivity index (χ1n) is 9.78. The Balaban J connectivity index is 1.53. The topological polar surface area (TPSA) is 59.0 Å². The summed E-state index contributed by atoms with van der Waals surface area (Å²) in [7, 11) is 0. The predicted molar refractivity (Wildman–Crippen MR) is 111 cm³/mol. The second kappa shape index (κ2) is 7.60. The third-order valence-electron chi connectivity index (χ3n) is 5.26. The molecule has 2 heterocycles. The van der Waals surface area contributed by atoms with E-state index in [0.29, 0.717) is 18.2 Å². The highest BCUT2D eigenvalue weighted by Gasteiger charge is 2.27. The van der Waals surface area contributed by atoms with Gasteiger partial charge in [0, 0.05) is 12.1 Å². The van der Waals surface area contributed by atoms with E-state index in [-0.39, 0.29) is 12.1 Å². The maximum absolute atomic E-state index is 12.3. The van der Waals surface area contributed by atoms with Crippen molar-refractivity contribution in [1.29, 1.82) is 0 Å². The van der Waals surface area contributed by atoms with Gasteiger partial charge in [-0.25, -0.2) is 4.68 Å². The molecule has 0 saturated carbocycles. The number of aryl methyl sites for hydroxylation is 1. The first-order chi connectivity index (χ1) is 13.5. The fourth-order valence-electron chi connectivity index (χ4n) is 3.45. The fraction of sp³-hybridized carbons (Fsp3) is 0.304. The van der Waals surface area contributed by atoms with Crippen LogP contribution in [0.4, 0.5) is 0 Å². The standard InChI is InChI=1S/C23H26N4O/c1-15(2)18-10-6-17(7-11-18)13-24-22-14-25-23(28)21-12-20(26-27(21)22)19-8-4-16(3)5-9-19/h4-12,15,22,24H,13-14H2,1-3H3,(H,25,28). The van der Waals surface area contributed by atoms with Crippen molar-refractivity contribution in [2.75, 3.05) is 6.54 Å². The number of benzene rings is 2. The molecule has 0 fully saturated rings. The summed E-state index contributed by atoms with van der Waals surface area (Å²) in [5.74, 6) is 0.451. The lowest BCUT2D eigenvalue weighted by molar-refractivity contribution is 0.0900. The Morgan fingerprint density at radius 1 is 1.14 bits per heavy atom. The Morgan fingerprint density at radius 3 is 2.54 bits per heavy atom. The minimum Gasteiger partial charge on any atom is -0.347 e. The fourth-order valence-corrected chi connectivity index (χ4v) is 3.45. The number of nitrogens with zero attached hydrogens (tertiary/aromatic N) is 2. The molecule has 2 N–H and O–H groups in total. The summed E-state index contributed by atoms with van der Waals surface area (Å²) < 4.78 is 1.82. The quantitative estimate of drug-likeness (QED) is 0.709. The molecule has 144 valence electrons. The van der Waals surface area contributed by atoms with Gasteiger partial charge in [-0.2, -0.15) is 5.10 Å². The number of amides is 1. The number of hydrogen-bond donors (Lipinski definition) is 2. The number of hydrogen-bond acceptors (Lipinski definition) is 3. The van der Waals surface area contributed by atoms with Crippen molar-refractivity contribution < 1.29 is 4.79 Å². The van der Waals surface area contributed by atoms with Crippen molar-refractivity contribution in [3.05, 3.63) is 77.0 Å². The molecule has 28 heavy (non-hydrogen) atoms. The van der Waals surface area contributed by atoms with Crippen LogP contribution < -0.4 is 10.6 Å². The molecule has 4 rings (SSSR count). The number of aromatic nitrogens is 2. The summed E-state index contributed by atoms with van der Waals surface area (Å²) in [4.78, 5) is 12.3. The van der Waals surface area contributed by atoms with Crippen molar-refractivity contribution in [3.63, 3.8) is 0 Å². The molecule has 5 heteroatoms. The van der Waals surface area contributed by atoms with E-state index in [2.05, 4.69) is 67.8 Å². The van der Waals surface area contributed by atoms with Gasteiger partial charge >= 0.3 is 0 Å². The molecule has 2 aromatic carbocycles. The smallest absolute Gasteiger partial charge is 0.269 e. The van der Waals surface area contributed by atoms with Crippen LogP contribution in [0.2, 0.25) is 0 Å². The van der Waals surface area contributed by atoms with Gasteiger partial charge in [-0.3, -0.25) is 10.1 Å². The summed E-state index contributed by atoms with van der Waals surface area (Å²) in [5.41, 5.74) is 6.19. The summed E-state index contributed by atoms with van der Waals surface area (Å²) in [5, 5.41) is 11.2. The first-order valence-corrected chi connectivity index (χ1v) is 9.78. The summed E-state index contributed by atoms with van der Waals surface area (Å²) in [6.45, 7) is 7.69. The van der Waals surface area contributed by atoms with E-state index < -0.39 is 0 Å². The largest absolute Gasteiger partial charge is 0.347 e. The maximum atomic E-state index is 12.3. The molecule has 1 atom stereocenters. The molecule has 1 aromatic heterocycles. The average Bonchev–Trinajstić information content (AvgIpc) is 3.15. The molecule has 1 aliphatic heterocycles. The van der Waals surface area contributed by atoms with Crippen LogP contribution in [0.3, 0.4) is 0 Å². The van der Waals surface area contributed by atoms with Gasteiger partial charge in [0.25, 0.3) is 5.91 Å². The minimum atomic E-state index is -0.0785. The highest BCUT2D eigenvalue weighted by atomic mass is 16.2. The highest BCUT2D eigenvalue weighted by Crippen LogP contribution is 2.23. The van der Waals surface area contributed by atoms with E-state index in [1.165, 1.54) is 16.7 Å². The average molecular weight is 374 g/mol. The van der Waals surface area contributed by atoms with Gasteiger partial charge in [-0.1, -0.05) is 67.9 Å². The molecule has 0 aliphatic carbocycles. The molecule has 3 aromatic rings. The Morgan fingerprint density at radius 2 is 1.86 bits per heavy atom. The van der Waals surface area contributed by atoms with Gasteiger partial charge in [0.15, 0.2) is 0 Å². The van der Waals surface area contributed by atoms with Gasteiger partial charge in [0.2, 0.25) is 0 Å². The van der Waals surface area contributed by atoms with E-state index in [1.54, 1.807) is 0 Å². The second-order valence-corrected chi connectivity index (χ2v) is 7.73. The molecule has 5 nitrogen and oxygen atoms in total. The molecule has 0 bridgehead atoms. The highest BCUT2D eigenvalue weighted by molar-refractivity contribution is 5.94. The number of carbonyl (C=O) groups excluding carboxylic acids is 1. The number of carbonyl (C=O) groups is 1. The van der Waals surface area contributed by atoms with Gasteiger partial charge in [0.1, 0.15) is 11.9 Å². The van der Waals surface area contributed by atoms with Crippen LogP contribution >= 0.6 is 0 Å². The Labute approximate surface area is 165 Å².